The molecule has 1 fully saturated rings. The number of aromatic amines is 1. The molecule has 0 unspecified atom stereocenters. The summed E-state index contributed by atoms with van der Waals surface area (Å²) >= 11 is 0. The van der Waals surface area contributed by atoms with Crippen LogP contribution in [0, 0.1) is 6.92 Å². The summed E-state index contributed by atoms with van der Waals surface area (Å²) in [5, 5.41) is 2.95. The van der Waals surface area contributed by atoms with Crippen molar-refractivity contribution in [1.82, 2.24) is 15.3 Å². The first-order chi connectivity index (χ1) is 13.0. The molecule has 0 bridgehead atoms. The van der Waals surface area contributed by atoms with E-state index >= 15 is 0 Å². The molecule has 2 aromatic heterocycles. The molecule has 0 aliphatic carbocycles. The monoisotopic (exact) mass is 366 g/mol. The van der Waals surface area contributed by atoms with E-state index < -0.39 is 11.5 Å². The van der Waals surface area contributed by atoms with Gasteiger partial charge in [-0.25, -0.2) is 4.98 Å². The molecule has 8 heteroatoms. The Morgan fingerprint density at radius 1 is 1.37 bits per heavy atom. The van der Waals surface area contributed by atoms with Crippen molar-refractivity contribution in [2.45, 2.75) is 26.3 Å². The fraction of sp³-hybridized carbons (Fsp3) is 0.263. The average Bonchev–Trinajstić information content (AvgIpc) is 3.23. The largest absolute Gasteiger partial charge is 0.442 e. The van der Waals surface area contributed by atoms with Gasteiger partial charge in [0, 0.05) is 25.2 Å². The van der Waals surface area contributed by atoms with Crippen molar-refractivity contribution in [3.8, 4) is 0 Å². The lowest BCUT2D eigenvalue weighted by Gasteiger charge is -2.16. The molecule has 1 aromatic carbocycles. The molecule has 27 heavy (non-hydrogen) atoms. The third-order valence-corrected chi connectivity index (χ3v) is 4.65. The number of rotatable bonds is 4. The van der Waals surface area contributed by atoms with E-state index in [2.05, 4.69) is 15.3 Å². The summed E-state index contributed by atoms with van der Waals surface area (Å²) in [6.45, 7) is 2.60. The van der Waals surface area contributed by atoms with Crippen molar-refractivity contribution >= 4 is 28.6 Å². The van der Waals surface area contributed by atoms with E-state index in [-0.39, 0.29) is 29.1 Å². The van der Waals surface area contributed by atoms with E-state index in [9.17, 15) is 14.4 Å². The number of anilines is 1. The molecular formula is C19H18N4O4. The molecule has 1 saturated heterocycles. The molecule has 1 aliphatic heterocycles. The second kappa shape index (κ2) is 6.71. The van der Waals surface area contributed by atoms with Gasteiger partial charge in [0.25, 0.3) is 11.5 Å². The van der Waals surface area contributed by atoms with E-state index in [4.69, 9.17) is 4.42 Å². The van der Waals surface area contributed by atoms with Crippen molar-refractivity contribution in [1.29, 1.82) is 0 Å². The van der Waals surface area contributed by atoms with Crippen LogP contribution in [0.2, 0.25) is 0 Å². The molecule has 3 heterocycles. The van der Waals surface area contributed by atoms with Gasteiger partial charge in [0.05, 0.1) is 11.9 Å². The Labute approximate surface area is 154 Å². The van der Waals surface area contributed by atoms with E-state index in [1.165, 1.54) is 6.33 Å². The summed E-state index contributed by atoms with van der Waals surface area (Å²) in [7, 11) is 0. The summed E-state index contributed by atoms with van der Waals surface area (Å²) in [4.78, 5) is 44.7. The molecule has 0 radical (unpaired) electrons. The van der Waals surface area contributed by atoms with Gasteiger partial charge in [0.1, 0.15) is 11.1 Å². The minimum absolute atomic E-state index is 0.114. The first-order valence-corrected chi connectivity index (χ1v) is 8.69. The predicted molar refractivity (Wildman–Crippen MR) is 98.6 cm³/mol. The fourth-order valence-electron chi connectivity index (χ4n) is 3.35. The van der Waals surface area contributed by atoms with Crippen LogP contribution < -0.4 is 15.8 Å². The number of aromatic nitrogens is 2. The number of benzene rings is 1. The maximum atomic E-state index is 12.6. The highest BCUT2D eigenvalue weighted by Gasteiger charge is 2.23. The van der Waals surface area contributed by atoms with Gasteiger partial charge in [0.2, 0.25) is 11.6 Å². The molecule has 138 valence electrons. The maximum absolute atomic E-state index is 12.6. The lowest BCUT2D eigenvalue weighted by molar-refractivity contribution is -0.117. The van der Waals surface area contributed by atoms with Crippen molar-refractivity contribution in [2.75, 3.05) is 11.4 Å². The average molecular weight is 366 g/mol. The van der Waals surface area contributed by atoms with Crippen LogP contribution in [0.1, 0.15) is 34.5 Å². The topological polar surface area (TPSA) is 108 Å². The van der Waals surface area contributed by atoms with Gasteiger partial charge in [-0.05, 0) is 31.0 Å². The van der Waals surface area contributed by atoms with Gasteiger partial charge in [0.15, 0.2) is 0 Å². The van der Waals surface area contributed by atoms with E-state index in [0.29, 0.717) is 18.7 Å². The van der Waals surface area contributed by atoms with Crippen LogP contribution in [-0.4, -0.2) is 28.3 Å². The van der Waals surface area contributed by atoms with Crippen molar-refractivity contribution in [2.24, 2.45) is 0 Å². The van der Waals surface area contributed by atoms with Crippen molar-refractivity contribution < 1.29 is 14.0 Å². The number of furan rings is 1. The minimum atomic E-state index is -0.420. The number of aryl methyl sites for hydroxylation is 1. The molecule has 0 atom stereocenters. The molecule has 1 aliphatic rings. The third kappa shape index (κ3) is 3.10. The zero-order valence-electron chi connectivity index (χ0n) is 14.7. The number of fused-ring (bicyclic) bond motifs is 1. The summed E-state index contributed by atoms with van der Waals surface area (Å²) < 4.78 is 5.42. The highest BCUT2D eigenvalue weighted by atomic mass is 16.3. The van der Waals surface area contributed by atoms with Crippen LogP contribution in [0.3, 0.4) is 0 Å². The molecular weight excluding hydrogens is 348 g/mol. The Morgan fingerprint density at radius 2 is 2.22 bits per heavy atom. The Bertz CT molecular complexity index is 1100. The van der Waals surface area contributed by atoms with Gasteiger partial charge in [-0.1, -0.05) is 12.1 Å². The Kier molecular flexibility index (Phi) is 4.23. The van der Waals surface area contributed by atoms with Gasteiger partial charge in [-0.15, -0.1) is 0 Å². The van der Waals surface area contributed by atoms with Gasteiger partial charge < -0.3 is 19.6 Å². The van der Waals surface area contributed by atoms with Crippen LogP contribution in [0.15, 0.2) is 39.8 Å². The van der Waals surface area contributed by atoms with Crippen LogP contribution in [0.4, 0.5) is 5.69 Å². The highest BCUT2D eigenvalue weighted by molar-refractivity contribution is 6.06. The second-order valence-electron chi connectivity index (χ2n) is 6.45. The number of amides is 2. The number of nitrogens with zero attached hydrogens (tertiary/aromatic N) is 2. The predicted octanol–water partition coefficient (Wildman–Crippen LogP) is 1.88. The Morgan fingerprint density at radius 3 is 3.00 bits per heavy atom. The number of hydrogen-bond donors (Lipinski definition) is 2. The quantitative estimate of drug-likeness (QED) is 0.733. The van der Waals surface area contributed by atoms with Crippen LogP contribution in [0.5, 0.6) is 0 Å². The number of hydrogen-bond acceptors (Lipinski definition) is 5. The molecule has 2 N–H and O–H groups in total. The standard InChI is InChI=1S/C19H18N4O4/c1-11-15(16-18(26)21-10-22-19(16)27-11)17(25)20-9-12-4-2-5-13(8-12)23-7-3-6-14(23)24/h2,4-5,8,10H,3,6-7,9H2,1H3,(H,20,25)(H,21,22,26). The smallest absolute Gasteiger partial charge is 0.262 e. The lowest BCUT2D eigenvalue weighted by atomic mass is 10.1. The zero-order valence-corrected chi connectivity index (χ0v) is 14.7. The summed E-state index contributed by atoms with van der Waals surface area (Å²) in [6.07, 6.45) is 2.66. The molecule has 8 nitrogen and oxygen atoms in total. The Balaban J connectivity index is 1.55. The molecule has 3 aromatic rings. The SMILES string of the molecule is Cc1oc2nc[nH]c(=O)c2c1C(=O)NCc1cccc(N2CCCC2=O)c1. The van der Waals surface area contributed by atoms with E-state index in [1.807, 2.05) is 24.3 Å². The fourth-order valence-corrected chi connectivity index (χ4v) is 3.35. The van der Waals surface area contributed by atoms with Crippen LogP contribution in [0.25, 0.3) is 11.1 Å². The molecule has 2 amide bonds. The third-order valence-electron chi connectivity index (χ3n) is 4.65. The summed E-state index contributed by atoms with van der Waals surface area (Å²) in [5.74, 6) is 0.0407. The van der Waals surface area contributed by atoms with Crippen LogP contribution >= 0.6 is 0 Å². The molecule has 0 spiro atoms. The second-order valence-corrected chi connectivity index (χ2v) is 6.45. The van der Waals surface area contributed by atoms with Gasteiger partial charge in [-0.3, -0.25) is 14.4 Å². The normalized spacial score (nSPS) is 14.1. The van der Waals surface area contributed by atoms with Crippen molar-refractivity contribution in [3.63, 3.8) is 0 Å². The zero-order chi connectivity index (χ0) is 19.0. The van der Waals surface area contributed by atoms with E-state index in [1.54, 1.807) is 11.8 Å². The van der Waals surface area contributed by atoms with E-state index in [0.717, 1.165) is 17.7 Å². The lowest BCUT2D eigenvalue weighted by Crippen LogP contribution is -2.26. The van der Waals surface area contributed by atoms with Gasteiger partial charge >= 0.3 is 0 Å². The summed E-state index contributed by atoms with van der Waals surface area (Å²) in [6, 6.07) is 7.50. The molecule has 0 saturated carbocycles. The number of carbonyl (C=O) groups excluding carboxylic acids is 2. The minimum Gasteiger partial charge on any atom is -0.442 e. The highest BCUT2D eigenvalue weighted by Crippen LogP contribution is 2.23. The summed E-state index contributed by atoms with van der Waals surface area (Å²) in [5.41, 5.74) is 1.59. The first-order valence-electron chi connectivity index (χ1n) is 8.69. The number of H-pyrrole nitrogens is 1. The first kappa shape index (κ1) is 17.0. The maximum Gasteiger partial charge on any atom is 0.262 e. The number of carbonyl (C=O) groups is 2. The Hall–Kier alpha value is -3.42. The van der Waals surface area contributed by atoms with Crippen molar-refractivity contribution in [3.05, 3.63) is 57.8 Å². The van der Waals surface area contributed by atoms with Crippen LogP contribution in [-0.2, 0) is 11.3 Å². The van der Waals surface area contributed by atoms with Gasteiger partial charge in [-0.2, -0.15) is 0 Å². The number of nitrogens with one attached hydrogen (secondary N) is 2. The molecule has 4 rings (SSSR count).